The lowest BCUT2D eigenvalue weighted by molar-refractivity contribution is -0.146. The number of nitrogens with zero attached hydrogens (tertiary/aromatic N) is 3. The van der Waals surface area contributed by atoms with E-state index in [4.69, 9.17) is 19.2 Å². The predicted octanol–water partition coefficient (Wildman–Crippen LogP) is 3.29. The number of aromatic nitrogens is 3. The van der Waals surface area contributed by atoms with Crippen molar-refractivity contribution in [2.75, 3.05) is 32.1 Å². The molecule has 2 aromatic carbocycles. The number of fused-ring (bicyclic) bond motifs is 2. The summed E-state index contributed by atoms with van der Waals surface area (Å²) in [5.74, 6) is 0.755. The van der Waals surface area contributed by atoms with E-state index in [2.05, 4.69) is 27.9 Å². The molecule has 0 unspecified atom stereocenters. The number of hydrogen-bond acceptors (Lipinski definition) is 9. The maximum atomic E-state index is 12.4. The number of carbonyl (C=O) groups is 2. The van der Waals surface area contributed by atoms with Crippen molar-refractivity contribution in [3.63, 3.8) is 0 Å². The molecule has 0 saturated carbocycles. The second-order valence-corrected chi connectivity index (χ2v) is 9.61. The molecule has 0 radical (unpaired) electrons. The molecule has 40 heavy (non-hydrogen) atoms. The minimum atomic E-state index is -0.780. The quantitative estimate of drug-likeness (QED) is 0.260. The average Bonchev–Trinajstić information content (AvgIpc) is 3.40. The van der Waals surface area contributed by atoms with Crippen LogP contribution in [0.15, 0.2) is 66.9 Å². The zero-order valence-corrected chi connectivity index (χ0v) is 22.5. The van der Waals surface area contributed by atoms with Crippen LogP contribution in [-0.4, -0.2) is 59.6 Å². The van der Waals surface area contributed by atoms with Crippen LogP contribution < -0.4 is 15.4 Å². The fraction of sp³-hybridized carbons (Fsp3) is 0.333. The van der Waals surface area contributed by atoms with Gasteiger partial charge < -0.3 is 19.5 Å². The Bertz CT molecular complexity index is 1460. The fourth-order valence-corrected chi connectivity index (χ4v) is 4.57. The number of benzene rings is 2. The highest BCUT2D eigenvalue weighted by Crippen LogP contribution is 2.22. The highest BCUT2D eigenvalue weighted by atomic mass is 16.5. The Hall–Kier alpha value is -4.44. The third-order valence-electron chi connectivity index (χ3n) is 6.69. The topological polar surface area (TPSA) is 117 Å². The molecule has 0 fully saturated rings. The van der Waals surface area contributed by atoms with Gasteiger partial charge in [-0.2, -0.15) is 5.10 Å². The number of ether oxygens (including phenoxy) is 3. The van der Waals surface area contributed by atoms with Crippen LogP contribution in [0.4, 0.5) is 5.82 Å². The van der Waals surface area contributed by atoms with E-state index in [9.17, 15) is 9.59 Å². The molecule has 1 atom stereocenters. The van der Waals surface area contributed by atoms with Crippen LogP contribution in [0.3, 0.4) is 0 Å². The smallest absolute Gasteiger partial charge is 0.324 e. The summed E-state index contributed by atoms with van der Waals surface area (Å²) in [6.45, 7) is 1.67. The summed E-state index contributed by atoms with van der Waals surface area (Å²) in [7, 11) is 1.31. The van der Waals surface area contributed by atoms with Crippen molar-refractivity contribution in [2.24, 2.45) is 0 Å². The first-order valence-corrected chi connectivity index (χ1v) is 13.4. The van der Waals surface area contributed by atoms with Gasteiger partial charge in [0.25, 0.3) is 0 Å². The molecule has 10 heteroatoms. The van der Waals surface area contributed by atoms with Crippen LogP contribution in [0.1, 0.15) is 23.2 Å². The largest absolute Gasteiger partial charge is 0.493 e. The molecule has 0 saturated heterocycles. The van der Waals surface area contributed by atoms with Gasteiger partial charge in [0.2, 0.25) is 0 Å². The lowest BCUT2D eigenvalue weighted by atomic mass is 10.1. The van der Waals surface area contributed by atoms with Crippen molar-refractivity contribution in [2.45, 2.75) is 38.5 Å². The molecule has 4 aromatic rings. The van der Waals surface area contributed by atoms with Crippen LogP contribution >= 0.6 is 0 Å². The molecule has 208 valence electrons. The van der Waals surface area contributed by atoms with Gasteiger partial charge in [-0.05, 0) is 48.2 Å². The molecule has 0 amide bonds. The first-order chi connectivity index (χ1) is 19.6. The Kier molecular flexibility index (Phi) is 8.87. The number of rotatable bonds is 12. The fourth-order valence-electron chi connectivity index (χ4n) is 4.57. The van der Waals surface area contributed by atoms with Crippen molar-refractivity contribution in [3.8, 4) is 5.75 Å². The third kappa shape index (κ3) is 7.15. The lowest BCUT2D eigenvalue weighted by Crippen LogP contribution is -2.43. The number of nitrogens with one attached hydrogen (secondary N) is 2. The minimum Gasteiger partial charge on any atom is -0.493 e. The van der Waals surface area contributed by atoms with Gasteiger partial charge in [0.1, 0.15) is 24.2 Å². The van der Waals surface area contributed by atoms with Gasteiger partial charge >= 0.3 is 11.9 Å². The molecule has 0 spiro atoms. The van der Waals surface area contributed by atoms with E-state index in [-0.39, 0.29) is 19.7 Å². The van der Waals surface area contributed by atoms with Gasteiger partial charge in [0.15, 0.2) is 0 Å². The number of esters is 2. The molecule has 2 N–H and O–H groups in total. The van der Waals surface area contributed by atoms with Crippen LogP contribution in [0.5, 0.6) is 5.75 Å². The molecule has 0 aliphatic carbocycles. The molecule has 5 rings (SSSR count). The van der Waals surface area contributed by atoms with E-state index in [0.29, 0.717) is 13.0 Å². The van der Waals surface area contributed by atoms with Crippen molar-refractivity contribution >= 4 is 28.7 Å². The van der Waals surface area contributed by atoms with Crippen molar-refractivity contribution in [3.05, 3.63) is 83.7 Å². The zero-order valence-electron chi connectivity index (χ0n) is 22.5. The van der Waals surface area contributed by atoms with Crippen molar-refractivity contribution in [1.82, 2.24) is 20.1 Å². The highest BCUT2D eigenvalue weighted by molar-refractivity contribution is 5.80. The van der Waals surface area contributed by atoms with Gasteiger partial charge in [0.05, 0.1) is 32.3 Å². The Morgan fingerprint density at radius 3 is 2.85 bits per heavy atom. The predicted molar refractivity (Wildman–Crippen MR) is 150 cm³/mol. The summed E-state index contributed by atoms with van der Waals surface area (Å²) >= 11 is 0. The standard InChI is InChI=1S/C30H33N5O5/c1-38-30(37)27(32-17-28(36)40-20-21-6-3-2-4-7-21)19-35-18-23-16-25(11-12-26(23)34-35)39-15-13-24-10-9-22-8-5-14-31-29(22)33-24/h2-4,6-7,9-12,16,18,27,32H,5,8,13-15,17,19-20H2,1H3,(H,31,33)/t27-/m0/s1. The first kappa shape index (κ1) is 27.1. The zero-order chi connectivity index (χ0) is 27.7. The molecular weight excluding hydrogens is 510 g/mol. The number of methoxy groups -OCH3 is 1. The Morgan fingerprint density at radius 2 is 2.00 bits per heavy atom. The van der Waals surface area contributed by atoms with E-state index in [1.165, 1.54) is 12.7 Å². The Balaban J connectivity index is 1.14. The van der Waals surface area contributed by atoms with Crippen molar-refractivity contribution in [1.29, 1.82) is 0 Å². The Labute approximate surface area is 232 Å². The van der Waals surface area contributed by atoms with Gasteiger partial charge in [-0.25, -0.2) is 4.98 Å². The first-order valence-electron chi connectivity index (χ1n) is 13.4. The van der Waals surface area contributed by atoms with Crippen LogP contribution in [-0.2, 0) is 45.1 Å². The van der Waals surface area contributed by atoms with E-state index in [1.807, 2.05) is 54.7 Å². The molecule has 2 aromatic heterocycles. The van der Waals surface area contributed by atoms with Crippen LogP contribution in [0.2, 0.25) is 0 Å². The molecule has 3 heterocycles. The summed E-state index contributed by atoms with van der Waals surface area (Å²) in [5.41, 5.74) is 3.92. The SMILES string of the molecule is COC(=O)[C@H](Cn1cc2cc(OCCc3ccc4c(n3)NCCC4)ccc2n1)NCC(=O)OCc1ccccc1. The van der Waals surface area contributed by atoms with Gasteiger partial charge in [0, 0.05) is 30.2 Å². The number of anilines is 1. The lowest BCUT2D eigenvalue weighted by Gasteiger charge is -2.17. The summed E-state index contributed by atoms with van der Waals surface area (Å²) < 4.78 is 17.9. The Morgan fingerprint density at radius 1 is 1.12 bits per heavy atom. The second kappa shape index (κ2) is 13.1. The van der Waals surface area contributed by atoms with E-state index >= 15 is 0 Å². The molecule has 10 nitrogen and oxygen atoms in total. The molecule has 1 aliphatic rings. The van der Waals surface area contributed by atoms with Crippen LogP contribution in [0, 0.1) is 0 Å². The number of pyridine rings is 1. The van der Waals surface area contributed by atoms with Gasteiger partial charge in [-0.3, -0.25) is 19.6 Å². The summed E-state index contributed by atoms with van der Waals surface area (Å²) in [6.07, 6.45) is 4.74. The summed E-state index contributed by atoms with van der Waals surface area (Å²) in [5, 5.41) is 11.7. The number of aryl methyl sites for hydroxylation is 1. The van der Waals surface area contributed by atoms with Gasteiger partial charge in [-0.1, -0.05) is 36.4 Å². The second-order valence-electron chi connectivity index (χ2n) is 9.61. The maximum Gasteiger partial charge on any atom is 0.324 e. The molecular formula is C30H33N5O5. The molecule has 1 aliphatic heterocycles. The number of carbonyl (C=O) groups excluding carboxylic acids is 2. The van der Waals surface area contributed by atoms with Gasteiger partial charge in [-0.15, -0.1) is 0 Å². The highest BCUT2D eigenvalue weighted by Gasteiger charge is 2.21. The summed E-state index contributed by atoms with van der Waals surface area (Å²) in [6, 6.07) is 18.5. The number of hydrogen-bond donors (Lipinski definition) is 2. The third-order valence-corrected chi connectivity index (χ3v) is 6.69. The average molecular weight is 544 g/mol. The summed E-state index contributed by atoms with van der Waals surface area (Å²) in [4.78, 5) is 29.3. The molecule has 0 bridgehead atoms. The van der Waals surface area contributed by atoms with Crippen LogP contribution in [0.25, 0.3) is 10.9 Å². The normalized spacial score (nSPS) is 13.2. The van der Waals surface area contributed by atoms with E-state index in [1.54, 1.807) is 4.68 Å². The van der Waals surface area contributed by atoms with E-state index < -0.39 is 18.0 Å². The van der Waals surface area contributed by atoms with E-state index in [0.717, 1.165) is 53.1 Å². The monoisotopic (exact) mass is 543 g/mol. The maximum absolute atomic E-state index is 12.4. The minimum absolute atomic E-state index is 0.138. The van der Waals surface area contributed by atoms with Crippen molar-refractivity contribution < 1.29 is 23.8 Å².